The van der Waals surface area contributed by atoms with Gasteiger partial charge in [-0.2, -0.15) is 5.26 Å². The van der Waals surface area contributed by atoms with Crippen LogP contribution in [0.25, 0.3) is 6.08 Å². The lowest BCUT2D eigenvalue weighted by atomic mass is 10.1. The minimum absolute atomic E-state index is 0.152. The number of hydrogen-bond acceptors (Lipinski definition) is 6. The van der Waals surface area contributed by atoms with E-state index in [2.05, 4.69) is 5.32 Å². The molecule has 0 spiro atoms. The maximum atomic E-state index is 12.1. The van der Waals surface area contributed by atoms with E-state index >= 15 is 0 Å². The second-order valence-electron chi connectivity index (χ2n) is 4.78. The van der Waals surface area contributed by atoms with E-state index in [1.165, 1.54) is 48.5 Å². The minimum atomic E-state index is -0.783. The van der Waals surface area contributed by atoms with Crippen molar-refractivity contribution >= 4 is 29.0 Å². The number of nitro benzene ring substituents is 2. The van der Waals surface area contributed by atoms with E-state index in [0.29, 0.717) is 5.56 Å². The standard InChI is InChI=1S/C16H10N4O5/c17-10-12(7-11-3-1-5-14(8-11)19(22)23)16(21)18-13-4-2-6-15(9-13)20(24)25/h1-9H,(H,18,21)/b12-7-. The Morgan fingerprint density at radius 1 is 1.04 bits per heavy atom. The molecule has 0 radical (unpaired) electrons. The highest BCUT2D eigenvalue weighted by atomic mass is 16.6. The molecule has 0 aromatic heterocycles. The first-order valence-corrected chi connectivity index (χ1v) is 6.83. The van der Waals surface area contributed by atoms with Gasteiger partial charge in [0.25, 0.3) is 17.3 Å². The average molecular weight is 338 g/mol. The van der Waals surface area contributed by atoms with E-state index in [-0.39, 0.29) is 22.6 Å². The summed E-state index contributed by atoms with van der Waals surface area (Å²) >= 11 is 0. The van der Waals surface area contributed by atoms with Gasteiger partial charge in [0, 0.05) is 30.0 Å². The van der Waals surface area contributed by atoms with E-state index in [9.17, 15) is 25.0 Å². The third kappa shape index (κ3) is 4.46. The van der Waals surface area contributed by atoms with Crippen molar-refractivity contribution in [3.05, 3.63) is 79.9 Å². The Bertz CT molecular complexity index is 930. The molecule has 0 aliphatic heterocycles. The number of benzene rings is 2. The van der Waals surface area contributed by atoms with Crippen molar-refractivity contribution in [1.29, 1.82) is 5.26 Å². The fraction of sp³-hybridized carbons (Fsp3) is 0. The monoisotopic (exact) mass is 338 g/mol. The second-order valence-corrected chi connectivity index (χ2v) is 4.78. The SMILES string of the molecule is N#C/C(=C/c1cccc([N+](=O)[O-])c1)C(=O)Nc1cccc([N+](=O)[O-])c1. The maximum Gasteiger partial charge on any atom is 0.271 e. The highest BCUT2D eigenvalue weighted by Crippen LogP contribution is 2.19. The Balaban J connectivity index is 2.25. The quantitative estimate of drug-likeness (QED) is 0.384. The summed E-state index contributed by atoms with van der Waals surface area (Å²) in [5.41, 5.74) is -0.226. The molecule has 0 atom stereocenters. The Morgan fingerprint density at radius 2 is 1.64 bits per heavy atom. The van der Waals surface area contributed by atoms with Gasteiger partial charge in [-0.25, -0.2) is 0 Å². The molecule has 0 aliphatic carbocycles. The molecule has 2 aromatic rings. The Hall–Kier alpha value is -4.06. The Kier molecular flexibility index (Phi) is 5.17. The minimum Gasteiger partial charge on any atom is -0.321 e. The molecular formula is C16H10N4O5. The number of carbonyl (C=O) groups is 1. The number of amides is 1. The first kappa shape index (κ1) is 17.3. The molecule has 2 aromatic carbocycles. The zero-order valence-corrected chi connectivity index (χ0v) is 12.6. The summed E-state index contributed by atoms with van der Waals surface area (Å²) in [5, 5.41) is 33.0. The lowest BCUT2D eigenvalue weighted by molar-refractivity contribution is -0.385. The molecule has 0 saturated carbocycles. The summed E-state index contributed by atoms with van der Waals surface area (Å²) in [6.07, 6.45) is 1.19. The number of nitro groups is 2. The van der Waals surface area contributed by atoms with E-state index in [1.54, 1.807) is 6.07 Å². The molecule has 124 valence electrons. The molecular weight excluding hydrogens is 328 g/mol. The van der Waals surface area contributed by atoms with Crippen LogP contribution in [-0.2, 0) is 4.79 Å². The van der Waals surface area contributed by atoms with Crippen molar-refractivity contribution in [1.82, 2.24) is 0 Å². The first-order valence-electron chi connectivity index (χ1n) is 6.83. The smallest absolute Gasteiger partial charge is 0.271 e. The van der Waals surface area contributed by atoms with Crippen molar-refractivity contribution in [2.45, 2.75) is 0 Å². The fourth-order valence-electron chi connectivity index (χ4n) is 1.94. The molecule has 0 aliphatic rings. The summed E-state index contributed by atoms with van der Waals surface area (Å²) in [4.78, 5) is 32.4. The lowest BCUT2D eigenvalue weighted by Gasteiger charge is -2.04. The third-order valence-corrected chi connectivity index (χ3v) is 3.07. The van der Waals surface area contributed by atoms with Crippen LogP contribution in [0, 0.1) is 31.6 Å². The number of nitrogens with one attached hydrogen (secondary N) is 1. The van der Waals surface area contributed by atoms with Crippen LogP contribution in [0.15, 0.2) is 54.1 Å². The highest BCUT2D eigenvalue weighted by molar-refractivity contribution is 6.09. The highest BCUT2D eigenvalue weighted by Gasteiger charge is 2.13. The van der Waals surface area contributed by atoms with Crippen molar-refractivity contribution in [3.8, 4) is 6.07 Å². The maximum absolute atomic E-state index is 12.1. The number of anilines is 1. The van der Waals surface area contributed by atoms with E-state index in [4.69, 9.17) is 5.26 Å². The molecule has 0 heterocycles. The van der Waals surface area contributed by atoms with E-state index < -0.39 is 15.8 Å². The molecule has 0 fully saturated rings. The van der Waals surface area contributed by atoms with Gasteiger partial charge < -0.3 is 5.32 Å². The molecule has 0 saturated heterocycles. The van der Waals surface area contributed by atoms with Crippen molar-refractivity contribution in [2.24, 2.45) is 0 Å². The largest absolute Gasteiger partial charge is 0.321 e. The van der Waals surface area contributed by atoms with Gasteiger partial charge in [-0.15, -0.1) is 0 Å². The number of rotatable bonds is 5. The summed E-state index contributed by atoms with van der Waals surface area (Å²) < 4.78 is 0. The summed E-state index contributed by atoms with van der Waals surface area (Å²) in [7, 11) is 0. The molecule has 9 nitrogen and oxygen atoms in total. The average Bonchev–Trinajstić information content (AvgIpc) is 2.60. The van der Waals surface area contributed by atoms with Crippen LogP contribution in [0.2, 0.25) is 0 Å². The van der Waals surface area contributed by atoms with Crippen LogP contribution < -0.4 is 5.32 Å². The number of hydrogen-bond donors (Lipinski definition) is 1. The normalized spacial score (nSPS) is 10.6. The van der Waals surface area contributed by atoms with Crippen LogP contribution in [0.1, 0.15) is 5.56 Å². The van der Waals surface area contributed by atoms with Crippen LogP contribution in [0.4, 0.5) is 17.1 Å². The molecule has 1 N–H and O–H groups in total. The molecule has 1 amide bonds. The predicted molar refractivity (Wildman–Crippen MR) is 88.4 cm³/mol. The fourth-order valence-corrected chi connectivity index (χ4v) is 1.94. The van der Waals surface area contributed by atoms with Gasteiger partial charge in [0.2, 0.25) is 0 Å². The zero-order valence-electron chi connectivity index (χ0n) is 12.6. The predicted octanol–water partition coefficient (Wildman–Crippen LogP) is 3.05. The van der Waals surface area contributed by atoms with Crippen LogP contribution in [-0.4, -0.2) is 15.8 Å². The lowest BCUT2D eigenvalue weighted by Crippen LogP contribution is -2.13. The summed E-state index contributed by atoms with van der Waals surface area (Å²) in [6.45, 7) is 0. The van der Waals surface area contributed by atoms with E-state index in [0.717, 1.165) is 6.07 Å². The third-order valence-electron chi connectivity index (χ3n) is 3.07. The molecule has 2 rings (SSSR count). The summed E-state index contributed by atoms with van der Waals surface area (Å²) in [6, 6.07) is 12.4. The van der Waals surface area contributed by atoms with Gasteiger partial charge in [0.05, 0.1) is 9.85 Å². The van der Waals surface area contributed by atoms with Crippen molar-refractivity contribution in [3.63, 3.8) is 0 Å². The number of carbonyl (C=O) groups excluding carboxylic acids is 1. The van der Waals surface area contributed by atoms with Gasteiger partial charge >= 0.3 is 0 Å². The summed E-state index contributed by atoms with van der Waals surface area (Å²) in [5.74, 6) is -0.783. The van der Waals surface area contributed by atoms with Gasteiger partial charge in [0.15, 0.2) is 0 Å². The number of nitriles is 1. The molecule has 9 heteroatoms. The van der Waals surface area contributed by atoms with Crippen molar-refractivity contribution < 1.29 is 14.6 Å². The Morgan fingerprint density at radius 3 is 2.24 bits per heavy atom. The second kappa shape index (κ2) is 7.47. The van der Waals surface area contributed by atoms with E-state index in [1.807, 2.05) is 0 Å². The van der Waals surface area contributed by atoms with Gasteiger partial charge in [0.1, 0.15) is 11.6 Å². The molecule has 0 unspecified atom stereocenters. The van der Waals surface area contributed by atoms with Crippen LogP contribution in [0.3, 0.4) is 0 Å². The van der Waals surface area contributed by atoms with Gasteiger partial charge in [-0.1, -0.05) is 18.2 Å². The number of nitrogens with zero attached hydrogens (tertiary/aromatic N) is 3. The molecule has 0 bridgehead atoms. The van der Waals surface area contributed by atoms with Crippen LogP contribution in [0.5, 0.6) is 0 Å². The van der Waals surface area contributed by atoms with Gasteiger partial charge in [-0.05, 0) is 17.7 Å². The first-order chi connectivity index (χ1) is 11.9. The van der Waals surface area contributed by atoms with Gasteiger partial charge in [-0.3, -0.25) is 25.0 Å². The molecule has 25 heavy (non-hydrogen) atoms. The van der Waals surface area contributed by atoms with Crippen molar-refractivity contribution in [2.75, 3.05) is 5.32 Å². The van der Waals surface area contributed by atoms with Crippen LogP contribution >= 0.6 is 0 Å². The Labute approximate surface area is 141 Å². The number of non-ortho nitro benzene ring substituents is 2. The zero-order chi connectivity index (χ0) is 18.4. The topological polar surface area (TPSA) is 139 Å².